The molecule has 0 bridgehead atoms. The summed E-state index contributed by atoms with van der Waals surface area (Å²) in [6.45, 7) is 7.23. The van der Waals surface area contributed by atoms with Gasteiger partial charge in [0.25, 0.3) is 6.43 Å². The molecule has 1 amide bonds. The molecule has 2 aromatic heterocycles. The number of fused-ring (bicyclic) bond motifs is 2. The molecule has 282 valence electrons. The molecule has 4 heterocycles. The van der Waals surface area contributed by atoms with Crippen molar-refractivity contribution >= 4 is 23.6 Å². The zero-order valence-electron chi connectivity index (χ0n) is 31.2. The van der Waals surface area contributed by atoms with E-state index in [2.05, 4.69) is 14.7 Å². The Labute approximate surface area is 310 Å². The second-order valence-electron chi connectivity index (χ2n) is 15.7. The van der Waals surface area contributed by atoms with E-state index < -0.39 is 12.0 Å². The van der Waals surface area contributed by atoms with Gasteiger partial charge in [0.1, 0.15) is 12.2 Å². The lowest BCUT2D eigenvalue weighted by molar-refractivity contribution is -0.150. The van der Waals surface area contributed by atoms with Crippen LogP contribution in [0.3, 0.4) is 0 Å². The van der Waals surface area contributed by atoms with Gasteiger partial charge in [-0.25, -0.2) is 13.6 Å². The molecule has 0 radical (unpaired) electrons. The first-order chi connectivity index (χ1) is 25.4. The molecule has 3 aliphatic rings. The lowest BCUT2D eigenvalue weighted by atomic mass is 9.88. The summed E-state index contributed by atoms with van der Waals surface area (Å²) in [5.41, 5.74) is 5.10. The first-order valence-electron chi connectivity index (χ1n) is 19.0. The lowest BCUT2D eigenvalue weighted by Crippen LogP contribution is -2.40. The second kappa shape index (κ2) is 15.3. The highest BCUT2D eigenvalue weighted by Gasteiger charge is 2.36. The third-order valence-electron chi connectivity index (χ3n) is 10.7. The van der Waals surface area contributed by atoms with Gasteiger partial charge in [-0.3, -0.25) is 14.2 Å². The zero-order chi connectivity index (χ0) is 37.3. The molecule has 1 fully saturated rings. The van der Waals surface area contributed by atoms with Crippen molar-refractivity contribution in [2.75, 3.05) is 18.0 Å². The molecule has 2 atom stereocenters. The molecule has 0 saturated heterocycles. The molecule has 2 aromatic carbocycles. The molecular formula is C41H50F2N6O4. The highest BCUT2D eigenvalue weighted by Crippen LogP contribution is 2.44. The van der Waals surface area contributed by atoms with Crippen molar-refractivity contribution in [3.05, 3.63) is 82.8 Å². The Hall–Kier alpha value is -4.74. The van der Waals surface area contributed by atoms with E-state index >= 15 is 0 Å². The summed E-state index contributed by atoms with van der Waals surface area (Å²) in [6.07, 6.45) is 7.50. The Morgan fingerprint density at radius 1 is 0.981 bits per heavy atom. The highest BCUT2D eigenvalue weighted by molar-refractivity contribution is 5.77. The molecule has 4 aromatic rings. The number of nitrogens with zero attached hydrogens (tertiary/aromatic N) is 6. The molecule has 0 N–H and O–H groups in total. The van der Waals surface area contributed by atoms with Gasteiger partial charge >= 0.3 is 12.1 Å². The number of hydrogen-bond donors (Lipinski definition) is 0. The van der Waals surface area contributed by atoms with Crippen LogP contribution in [0.15, 0.2) is 54.9 Å². The van der Waals surface area contributed by atoms with Crippen LogP contribution in [0.25, 0.3) is 11.1 Å². The number of alkyl halides is 2. The van der Waals surface area contributed by atoms with Gasteiger partial charge in [-0.05, 0) is 88.1 Å². The predicted octanol–water partition coefficient (Wildman–Crippen LogP) is 8.85. The average Bonchev–Trinajstić information content (AvgIpc) is 3.73. The fourth-order valence-electron chi connectivity index (χ4n) is 8.07. The van der Waals surface area contributed by atoms with Gasteiger partial charge in [0.05, 0.1) is 24.7 Å². The van der Waals surface area contributed by atoms with E-state index in [1.165, 1.54) is 0 Å². The topological polar surface area (TPSA) is 94.7 Å². The van der Waals surface area contributed by atoms with E-state index in [1.54, 1.807) is 35.1 Å². The molecule has 2 aliphatic heterocycles. The quantitative estimate of drug-likeness (QED) is 0.176. The van der Waals surface area contributed by atoms with Gasteiger partial charge in [0, 0.05) is 60.8 Å². The van der Waals surface area contributed by atoms with Crippen LogP contribution in [-0.4, -0.2) is 55.2 Å². The number of anilines is 2. The Morgan fingerprint density at radius 2 is 1.77 bits per heavy atom. The maximum atomic E-state index is 14.8. The smallest absolute Gasteiger partial charge is 0.410 e. The largest absolute Gasteiger partial charge is 0.461 e. The number of benzene rings is 2. The van der Waals surface area contributed by atoms with Gasteiger partial charge in [0.15, 0.2) is 5.82 Å². The predicted molar refractivity (Wildman–Crippen MR) is 198 cm³/mol. The van der Waals surface area contributed by atoms with E-state index in [9.17, 15) is 18.4 Å². The van der Waals surface area contributed by atoms with Crippen molar-refractivity contribution in [1.82, 2.24) is 24.5 Å². The third-order valence-corrected chi connectivity index (χ3v) is 10.7. The monoisotopic (exact) mass is 728 g/mol. The first-order valence-corrected chi connectivity index (χ1v) is 19.0. The van der Waals surface area contributed by atoms with E-state index in [0.717, 1.165) is 73.0 Å². The molecule has 1 aliphatic carbocycles. The molecule has 12 heteroatoms. The number of ether oxygens (including phenoxy) is 2. The van der Waals surface area contributed by atoms with Crippen LogP contribution in [0.1, 0.15) is 106 Å². The fourth-order valence-corrected chi connectivity index (χ4v) is 8.07. The average molecular weight is 729 g/mol. The van der Waals surface area contributed by atoms with E-state index in [-0.39, 0.29) is 36.2 Å². The van der Waals surface area contributed by atoms with Crippen LogP contribution in [0.5, 0.6) is 0 Å². The fraction of sp³-hybridized carbons (Fsp3) is 0.512. The first kappa shape index (κ1) is 36.6. The molecule has 53 heavy (non-hydrogen) atoms. The number of carbonyl (C=O) groups is 2. The van der Waals surface area contributed by atoms with Crippen LogP contribution >= 0.6 is 0 Å². The number of esters is 1. The summed E-state index contributed by atoms with van der Waals surface area (Å²) in [4.78, 5) is 30.4. The van der Waals surface area contributed by atoms with Crippen LogP contribution < -0.4 is 4.90 Å². The van der Waals surface area contributed by atoms with Gasteiger partial charge < -0.3 is 19.3 Å². The normalized spacial score (nSPS) is 19.3. The van der Waals surface area contributed by atoms with Crippen LogP contribution in [0.4, 0.5) is 25.1 Å². The van der Waals surface area contributed by atoms with Crippen molar-refractivity contribution in [3.63, 3.8) is 0 Å². The summed E-state index contributed by atoms with van der Waals surface area (Å²) in [7, 11) is 1.78. The summed E-state index contributed by atoms with van der Waals surface area (Å²) in [5.74, 6) is 0.353. The van der Waals surface area contributed by atoms with Crippen molar-refractivity contribution in [3.8, 4) is 11.1 Å². The Kier molecular flexibility index (Phi) is 10.6. The number of rotatable bonds is 7. The number of aromatic nitrogens is 4. The van der Waals surface area contributed by atoms with Crippen LogP contribution in [0, 0.1) is 5.92 Å². The van der Waals surface area contributed by atoms with Crippen LogP contribution in [0.2, 0.25) is 0 Å². The number of halogens is 2. The van der Waals surface area contributed by atoms with Gasteiger partial charge in [0.2, 0.25) is 0 Å². The number of amides is 1. The van der Waals surface area contributed by atoms with E-state index in [1.807, 2.05) is 57.2 Å². The Balaban J connectivity index is 1.22. The molecule has 10 nitrogen and oxygen atoms in total. The standard InChI is InChI=1S/C41H50F2N6O4/c1-41(2,3)53-40(51)47-20-18-35-34(25-47)38(48-19-10-14-29-21-32(30-23-44-46(4)24-30)33(37(42)43)22-36(29)48)45-49(35)31-15-9-8-13-28(16-17-31)39(50)52-26-27-11-6-5-7-12-27/h5-7,11-12,21-24,28,31,37H,8-10,13-20,25-26H2,1-4H3. The third kappa shape index (κ3) is 8.11. The lowest BCUT2D eigenvalue weighted by Gasteiger charge is -2.34. The summed E-state index contributed by atoms with van der Waals surface area (Å²) < 4.78 is 44.8. The zero-order valence-corrected chi connectivity index (χ0v) is 31.2. The SMILES string of the molecule is Cn1cc(-c2cc3c(cc2C(F)F)N(c2nn(C4CCCCC(C(=O)OCc5ccccc5)CC4)c4c2CN(C(=O)OC(C)(C)C)CC4)CCC3)cn1. The highest BCUT2D eigenvalue weighted by atomic mass is 19.3. The summed E-state index contributed by atoms with van der Waals surface area (Å²) >= 11 is 0. The molecular weight excluding hydrogens is 678 g/mol. The van der Waals surface area contributed by atoms with Crippen molar-refractivity contribution in [2.45, 2.75) is 110 Å². The second-order valence-corrected chi connectivity index (χ2v) is 15.7. The minimum Gasteiger partial charge on any atom is -0.461 e. The minimum absolute atomic E-state index is 0.0439. The van der Waals surface area contributed by atoms with E-state index in [4.69, 9.17) is 14.6 Å². The number of hydrogen-bond acceptors (Lipinski definition) is 7. The van der Waals surface area contributed by atoms with Crippen molar-refractivity contribution < 1.29 is 27.8 Å². The van der Waals surface area contributed by atoms with Crippen molar-refractivity contribution in [1.29, 1.82) is 0 Å². The van der Waals surface area contributed by atoms with E-state index in [0.29, 0.717) is 49.4 Å². The molecule has 0 spiro atoms. The number of aryl methyl sites for hydroxylation is 2. The van der Waals surface area contributed by atoms with Crippen LogP contribution in [-0.2, 0) is 47.3 Å². The summed E-state index contributed by atoms with van der Waals surface area (Å²) in [6, 6.07) is 13.3. The van der Waals surface area contributed by atoms with Crippen molar-refractivity contribution in [2.24, 2.45) is 13.0 Å². The van der Waals surface area contributed by atoms with Gasteiger partial charge in [-0.15, -0.1) is 0 Å². The summed E-state index contributed by atoms with van der Waals surface area (Å²) in [5, 5.41) is 9.57. The number of carbonyl (C=O) groups excluding carboxylic acids is 2. The van der Waals surface area contributed by atoms with Gasteiger partial charge in [-0.2, -0.15) is 10.2 Å². The molecule has 1 saturated carbocycles. The maximum absolute atomic E-state index is 14.8. The molecule has 7 rings (SSSR count). The van der Waals surface area contributed by atoms with Gasteiger partial charge in [-0.1, -0.05) is 43.2 Å². The Morgan fingerprint density at radius 3 is 2.51 bits per heavy atom. The maximum Gasteiger partial charge on any atom is 0.410 e. The molecule has 2 unspecified atom stereocenters. The Bertz CT molecular complexity index is 1930. The minimum atomic E-state index is -2.68.